The molecule has 2 aliphatic heterocycles. The molecular formula is C36H18N8O8. The number of benzene rings is 4. The Morgan fingerprint density at radius 3 is 1.04 bits per heavy atom. The third-order valence-electron chi connectivity index (χ3n) is 8.82. The van der Waals surface area contributed by atoms with Gasteiger partial charge in [0.15, 0.2) is 23.3 Å². The molecule has 3 aromatic heterocycles. The molecule has 0 saturated carbocycles. The maximum absolute atomic E-state index is 12.0. The Morgan fingerprint density at radius 1 is 0.365 bits per heavy atom. The highest BCUT2D eigenvalue weighted by Gasteiger charge is 2.25. The van der Waals surface area contributed by atoms with E-state index in [1.807, 2.05) is 0 Å². The predicted molar refractivity (Wildman–Crippen MR) is 184 cm³/mol. The molecule has 0 amide bonds. The molecule has 16 heteroatoms. The molecule has 8 bridgehead atoms. The number of carboxylic acid groups (broad SMARTS) is 4. The van der Waals surface area contributed by atoms with Crippen molar-refractivity contribution in [2.24, 2.45) is 0 Å². The fraction of sp³-hybridized carbons (Fsp3) is 0. The van der Waals surface area contributed by atoms with Crippen LogP contribution in [0.4, 0.5) is 0 Å². The van der Waals surface area contributed by atoms with E-state index in [0.717, 1.165) is 0 Å². The summed E-state index contributed by atoms with van der Waals surface area (Å²) in [6.07, 6.45) is 0. The van der Waals surface area contributed by atoms with Crippen LogP contribution in [0.3, 0.4) is 0 Å². The van der Waals surface area contributed by atoms with Gasteiger partial charge in [-0.05, 0) is 72.8 Å². The first kappa shape index (κ1) is 30.2. The summed E-state index contributed by atoms with van der Waals surface area (Å²) in [5.74, 6) is -4.26. The molecule has 0 fully saturated rings. The second kappa shape index (κ2) is 10.8. The summed E-state index contributed by atoms with van der Waals surface area (Å²) in [6, 6.07) is 17.5. The van der Waals surface area contributed by atoms with Crippen molar-refractivity contribution in [3.05, 3.63) is 95.1 Å². The van der Waals surface area contributed by atoms with Crippen LogP contribution in [0.1, 0.15) is 41.4 Å². The maximum atomic E-state index is 12.0. The van der Waals surface area contributed by atoms with Crippen LogP contribution >= 0.6 is 0 Å². The van der Waals surface area contributed by atoms with Crippen LogP contribution in [0.2, 0.25) is 0 Å². The molecule has 9 rings (SSSR count). The number of nitrogens with one attached hydrogen (secondary N) is 2. The van der Waals surface area contributed by atoms with Gasteiger partial charge in [0.25, 0.3) is 0 Å². The Labute approximate surface area is 287 Å². The van der Waals surface area contributed by atoms with Gasteiger partial charge in [0.05, 0.1) is 22.3 Å². The highest BCUT2D eigenvalue weighted by atomic mass is 16.4. The molecule has 250 valence electrons. The van der Waals surface area contributed by atoms with E-state index in [1.165, 1.54) is 48.5 Å². The maximum Gasteiger partial charge on any atom is 0.335 e. The normalized spacial score (nSPS) is 11.7. The topological polar surface area (TPSA) is 258 Å². The van der Waals surface area contributed by atoms with Crippen molar-refractivity contribution < 1.29 is 39.6 Å². The second-order valence-corrected chi connectivity index (χ2v) is 11.9. The van der Waals surface area contributed by atoms with Gasteiger partial charge >= 0.3 is 23.9 Å². The summed E-state index contributed by atoms with van der Waals surface area (Å²) in [4.78, 5) is 82.7. The highest BCUT2D eigenvalue weighted by molar-refractivity contribution is 6.09. The summed E-state index contributed by atoms with van der Waals surface area (Å²) in [5.41, 5.74) is 2.25. The molecule has 16 nitrogen and oxygen atoms in total. The van der Waals surface area contributed by atoms with E-state index < -0.39 is 23.9 Å². The molecule has 2 aliphatic rings. The van der Waals surface area contributed by atoms with E-state index in [0.29, 0.717) is 43.8 Å². The number of aromatic carboxylic acids is 4. The minimum atomic E-state index is -1.18. The highest BCUT2D eigenvalue weighted by Crippen LogP contribution is 2.38. The summed E-state index contributed by atoms with van der Waals surface area (Å²) in [7, 11) is 0. The van der Waals surface area contributed by atoms with Gasteiger partial charge in [-0.3, -0.25) is 0 Å². The van der Waals surface area contributed by atoms with E-state index in [4.69, 9.17) is 19.9 Å². The van der Waals surface area contributed by atoms with Gasteiger partial charge in [-0.15, -0.1) is 0 Å². The van der Waals surface area contributed by atoms with Crippen molar-refractivity contribution in [2.75, 3.05) is 0 Å². The molecule has 0 aliphatic carbocycles. The number of nitrogens with zero attached hydrogens (tertiary/aromatic N) is 6. The minimum absolute atomic E-state index is 0.0121. The molecule has 0 unspecified atom stereocenters. The average molecular weight is 691 g/mol. The molecular weight excluding hydrogens is 672 g/mol. The lowest BCUT2D eigenvalue weighted by Gasteiger charge is -2.00. The van der Waals surface area contributed by atoms with Gasteiger partial charge < -0.3 is 30.4 Å². The summed E-state index contributed by atoms with van der Waals surface area (Å²) >= 11 is 0. The summed E-state index contributed by atoms with van der Waals surface area (Å²) < 4.78 is 0. The molecule has 4 aromatic carbocycles. The molecule has 0 saturated heterocycles. The van der Waals surface area contributed by atoms with Crippen molar-refractivity contribution in [2.45, 2.75) is 0 Å². The number of aromatic amines is 2. The third kappa shape index (κ3) is 4.62. The van der Waals surface area contributed by atoms with Crippen LogP contribution in [0.15, 0.2) is 72.8 Å². The van der Waals surface area contributed by atoms with Gasteiger partial charge in [-0.25, -0.2) is 49.1 Å². The smallest absolute Gasteiger partial charge is 0.335 e. The van der Waals surface area contributed by atoms with Crippen molar-refractivity contribution >= 4 is 68.0 Å². The number of carboxylic acids is 4. The van der Waals surface area contributed by atoms with Crippen LogP contribution in [-0.2, 0) is 0 Å². The van der Waals surface area contributed by atoms with Gasteiger partial charge in [0.1, 0.15) is 22.6 Å². The molecule has 6 N–H and O–H groups in total. The number of carbonyl (C=O) groups is 4. The van der Waals surface area contributed by atoms with Crippen LogP contribution in [0.25, 0.3) is 89.7 Å². The Kier molecular flexibility index (Phi) is 6.28. The first-order valence-electron chi connectivity index (χ1n) is 15.3. The summed E-state index contributed by atoms with van der Waals surface area (Å²) in [5, 5.41) is 40.8. The first-order chi connectivity index (χ1) is 25.0. The van der Waals surface area contributed by atoms with Gasteiger partial charge in [0, 0.05) is 43.8 Å². The van der Waals surface area contributed by atoms with Gasteiger partial charge in [0.2, 0.25) is 0 Å². The number of fused-ring (bicyclic) bond motifs is 20. The summed E-state index contributed by atoms with van der Waals surface area (Å²) in [6.45, 7) is 0. The largest absolute Gasteiger partial charge is 0.478 e. The lowest BCUT2D eigenvalue weighted by molar-refractivity contribution is 0.0686. The van der Waals surface area contributed by atoms with Crippen molar-refractivity contribution in [3.8, 4) is 45.6 Å². The quantitative estimate of drug-likeness (QED) is 0.130. The second-order valence-electron chi connectivity index (χ2n) is 11.9. The van der Waals surface area contributed by atoms with Crippen molar-refractivity contribution in [3.63, 3.8) is 0 Å². The van der Waals surface area contributed by atoms with E-state index in [1.54, 1.807) is 24.3 Å². The minimum Gasteiger partial charge on any atom is -0.478 e. The SMILES string of the molecule is O=C(O)c1ccc2c(c1)-c1nc-2nc2[nH]c(nc3nc(nc4[nH]c(n1)c1ccc(C(=O)O)cc41)-c1cc(C(=O)O)ccc1-3)c1ccc(C(=O)O)cc21. The van der Waals surface area contributed by atoms with Gasteiger partial charge in [-0.2, -0.15) is 0 Å². The zero-order valence-corrected chi connectivity index (χ0v) is 26.0. The first-order valence-corrected chi connectivity index (χ1v) is 15.3. The molecule has 52 heavy (non-hydrogen) atoms. The Morgan fingerprint density at radius 2 is 0.673 bits per heavy atom. The Hall–Kier alpha value is -7.88. The number of H-pyrrole nitrogens is 2. The fourth-order valence-electron chi connectivity index (χ4n) is 6.33. The number of aromatic nitrogens is 8. The monoisotopic (exact) mass is 690 g/mol. The fourth-order valence-corrected chi connectivity index (χ4v) is 6.33. The lowest BCUT2D eigenvalue weighted by Crippen LogP contribution is -1.96. The predicted octanol–water partition coefficient (Wildman–Crippen LogP) is 5.66. The van der Waals surface area contributed by atoms with Crippen LogP contribution < -0.4 is 0 Å². The van der Waals surface area contributed by atoms with E-state index in [9.17, 15) is 39.6 Å². The molecule has 0 atom stereocenters. The van der Waals surface area contributed by atoms with E-state index in [2.05, 4.69) is 19.9 Å². The van der Waals surface area contributed by atoms with Crippen molar-refractivity contribution in [1.29, 1.82) is 0 Å². The van der Waals surface area contributed by atoms with E-state index >= 15 is 0 Å². The Bertz CT molecular complexity index is 3000. The average Bonchev–Trinajstić information content (AvgIpc) is 3.85. The number of hydrogen-bond acceptors (Lipinski definition) is 10. The Balaban J connectivity index is 1.48. The molecule has 0 radical (unpaired) electrons. The van der Waals surface area contributed by atoms with E-state index in [-0.39, 0.29) is 68.1 Å². The molecule has 5 heterocycles. The van der Waals surface area contributed by atoms with Gasteiger partial charge in [-0.1, -0.05) is 0 Å². The standard InChI is InChI=1S/C36H18N8O8/c45-33(46)13-1-5-17-21(9-13)29-38-25(17)37-26-18-6-2-15(35(49)50)11-23(18)31(39-26)44-32-24-12-16(36(51)52)4-8-20(24)28(43-32)42-30-22-10-14(34(47)48)3-7-19(22)27(40-29)41-30/h1-12H,(H,45,46)(H,47,48)(H,49,50)(H,51,52)(H2,37,38,39,40,41,42,43,44). The number of rotatable bonds is 4. The molecule has 0 spiro atoms. The van der Waals surface area contributed by atoms with Crippen LogP contribution in [0.5, 0.6) is 0 Å². The zero-order valence-electron chi connectivity index (χ0n) is 26.0. The van der Waals surface area contributed by atoms with Crippen LogP contribution in [0, 0.1) is 0 Å². The zero-order chi connectivity index (χ0) is 36.0. The third-order valence-corrected chi connectivity index (χ3v) is 8.82. The van der Waals surface area contributed by atoms with Crippen molar-refractivity contribution in [1.82, 2.24) is 39.9 Å². The number of hydrogen-bond donors (Lipinski definition) is 6. The van der Waals surface area contributed by atoms with Crippen LogP contribution in [-0.4, -0.2) is 84.2 Å². The lowest BCUT2D eigenvalue weighted by atomic mass is 10.0. The molecule has 7 aromatic rings.